The summed E-state index contributed by atoms with van der Waals surface area (Å²) in [6.07, 6.45) is 1.85. The molecule has 0 bridgehead atoms. The Morgan fingerprint density at radius 1 is 1.55 bits per heavy atom. The molecular weight excluding hydrogens is 204 g/mol. The van der Waals surface area contributed by atoms with Gasteiger partial charge in [0.15, 0.2) is 6.29 Å². The third-order valence-electron chi connectivity index (χ3n) is 1.60. The fraction of sp³-hybridized carbons (Fsp3) is 0.222. The minimum absolute atomic E-state index is 0.710. The van der Waals surface area contributed by atoms with Gasteiger partial charge in [0.25, 0.3) is 0 Å². The summed E-state index contributed by atoms with van der Waals surface area (Å²) in [6, 6.07) is 5.77. The van der Waals surface area contributed by atoms with Crippen molar-refractivity contribution in [3.63, 3.8) is 0 Å². The lowest BCUT2D eigenvalue weighted by Gasteiger charge is -1.98. The molecule has 1 aromatic rings. The quantitative estimate of drug-likeness (QED) is 0.690. The van der Waals surface area contributed by atoms with Crippen molar-refractivity contribution < 1.29 is 4.79 Å². The zero-order valence-corrected chi connectivity index (χ0v) is 7.89. The Hall–Kier alpha value is -0.630. The maximum atomic E-state index is 10.4. The van der Waals surface area contributed by atoms with E-state index in [9.17, 15) is 4.79 Å². The Morgan fingerprint density at radius 3 is 2.73 bits per heavy atom. The van der Waals surface area contributed by atoms with E-state index in [4.69, 9.17) is 0 Å². The summed E-state index contributed by atoms with van der Waals surface area (Å²) in [7, 11) is 0. The number of aryl methyl sites for hydroxylation is 1. The van der Waals surface area contributed by atoms with Crippen LogP contribution in [0.25, 0.3) is 0 Å². The van der Waals surface area contributed by atoms with E-state index in [1.54, 1.807) is 0 Å². The molecule has 0 aliphatic carbocycles. The van der Waals surface area contributed by atoms with Crippen LogP contribution in [0.15, 0.2) is 22.7 Å². The fourth-order valence-electron chi connectivity index (χ4n) is 0.886. The predicted octanol–water partition coefficient (Wildman–Crippen LogP) is 2.82. The van der Waals surface area contributed by atoms with Crippen LogP contribution in [-0.4, -0.2) is 6.29 Å². The fourth-order valence-corrected chi connectivity index (χ4v) is 1.41. The molecule has 0 unspecified atom stereocenters. The zero-order valence-electron chi connectivity index (χ0n) is 6.30. The first-order valence-electron chi connectivity index (χ1n) is 3.51. The molecule has 0 aliphatic heterocycles. The molecule has 11 heavy (non-hydrogen) atoms. The lowest BCUT2D eigenvalue weighted by atomic mass is 10.1. The highest BCUT2D eigenvalue weighted by atomic mass is 79.9. The highest BCUT2D eigenvalue weighted by molar-refractivity contribution is 9.10. The minimum Gasteiger partial charge on any atom is -0.298 e. The third kappa shape index (κ3) is 1.90. The van der Waals surface area contributed by atoms with Crippen LogP contribution in [0.4, 0.5) is 0 Å². The molecule has 58 valence electrons. The second-order valence-electron chi connectivity index (χ2n) is 2.33. The molecule has 0 radical (unpaired) electrons. The molecule has 0 amide bonds. The maximum Gasteiger partial charge on any atom is 0.151 e. The standard InChI is InChI=1S/C9H9BrO/c1-2-7-3-4-8(6-11)9(10)5-7/h3-6H,2H2,1H3. The van der Waals surface area contributed by atoms with Gasteiger partial charge in [0.05, 0.1) is 0 Å². The Labute approximate surface area is 74.6 Å². The Morgan fingerprint density at radius 2 is 2.27 bits per heavy atom. The summed E-state index contributed by atoms with van der Waals surface area (Å²) in [6.45, 7) is 2.09. The average Bonchev–Trinajstić information content (AvgIpc) is 2.04. The first-order chi connectivity index (χ1) is 5.27. The topological polar surface area (TPSA) is 17.1 Å². The van der Waals surface area contributed by atoms with Gasteiger partial charge in [-0.15, -0.1) is 0 Å². The molecule has 0 aromatic heterocycles. The van der Waals surface area contributed by atoms with Crippen LogP contribution < -0.4 is 0 Å². The van der Waals surface area contributed by atoms with Crippen LogP contribution >= 0.6 is 15.9 Å². The zero-order chi connectivity index (χ0) is 8.27. The number of aldehydes is 1. The smallest absolute Gasteiger partial charge is 0.151 e. The van der Waals surface area contributed by atoms with Crippen molar-refractivity contribution in [1.29, 1.82) is 0 Å². The molecule has 0 saturated carbocycles. The first-order valence-corrected chi connectivity index (χ1v) is 4.31. The Bertz CT molecular complexity index is 268. The number of hydrogen-bond acceptors (Lipinski definition) is 1. The lowest BCUT2D eigenvalue weighted by Crippen LogP contribution is -1.85. The second kappa shape index (κ2) is 3.67. The monoisotopic (exact) mass is 212 g/mol. The van der Waals surface area contributed by atoms with Crippen molar-refractivity contribution in [3.05, 3.63) is 33.8 Å². The van der Waals surface area contributed by atoms with E-state index in [0.717, 1.165) is 17.2 Å². The molecule has 0 atom stereocenters. The van der Waals surface area contributed by atoms with E-state index in [1.807, 2.05) is 18.2 Å². The van der Waals surface area contributed by atoms with Crippen LogP contribution in [0, 0.1) is 0 Å². The number of rotatable bonds is 2. The molecule has 1 aromatic carbocycles. The van der Waals surface area contributed by atoms with Crippen LogP contribution in [0.5, 0.6) is 0 Å². The second-order valence-corrected chi connectivity index (χ2v) is 3.18. The third-order valence-corrected chi connectivity index (χ3v) is 2.29. The van der Waals surface area contributed by atoms with Crippen molar-refractivity contribution in [2.24, 2.45) is 0 Å². The Kier molecular flexibility index (Phi) is 2.83. The number of carbonyl (C=O) groups is 1. The van der Waals surface area contributed by atoms with Crippen LogP contribution in [-0.2, 0) is 6.42 Å². The molecule has 0 N–H and O–H groups in total. The van der Waals surface area contributed by atoms with Gasteiger partial charge in [-0.2, -0.15) is 0 Å². The van der Waals surface area contributed by atoms with Gasteiger partial charge in [0, 0.05) is 10.0 Å². The number of hydrogen-bond donors (Lipinski definition) is 0. The summed E-state index contributed by atoms with van der Waals surface area (Å²) < 4.78 is 0.881. The van der Waals surface area contributed by atoms with Crippen LogP contribution in [0.1, 0.15) is 22.8 Å². The van der Waals surface area contributed by atoms with Gasteiger partial charge in [-0.25, -0.2) is 0 Å². The normalized spacial score (nSPS) is 9.64. The molecule has 0 heterocycles. The molecule has 0 saturated heterocycles. The molecule has 0 aliphatic rings. The van der Waals surface area contributed by atoms with E-state index in [2.05, 4.69) is 22.9 Å². The van der Waals surface area contributed by atoms with Gasteiger partial charge in [-0.05, 0) is 18.1 Å². The highest BCUT2D eigenvalue weighted by Crippen LogP contribution is 2.16. The van der Waals surface area contributed by atoms with E-state index < -0.39 is 0 Å². The van der Waals surface area contributed by atoms with Crippen LogP contribution in [0.3, 0.4) is 0 Å². The Balaban J connectivity index is 3.09. The van der Waals surface area contributed by atoms with Gasteiger partial charge in [-0.3, -0.25) is 4.79 Å². The van der Waals surface area contributed by atoms with E-state index in [0.29, 0.717) is 5.56 Å². The number of benzene rings is 1. The highest BCUT2D eigenvalue weighted by Gasteiger charge is 1.97. The van der Waals surface area contributed by atoms with Crippen molar-refractivity contribution in [2.45, 2.75) is 13.3 Å². The summed E-state index contributed by atoms with van der Waals surface area (Å²) in [5.41, 5.74) is 1.95. The van der Waals surface area contributed by atoms with Crippen molar-refractivity contribution in [2.75, 3.05) is 0 Å². The average molecular weight is 213 g/mol. The summed E-state index contributed by atoms with van der Waals surface area (Å²) in [4.78, 5) is 10.4. The van der Waals surface area contributed by atoms with E-state index in [1.165, 1.54) is 5.56 Å². The van der Waals surface area contributed by atoms with Crippen molar-refractivity contribution in [1.82, 2.24) is 0 Å². The molecule has 1 nitrogen and oxygen atoms in total. The van der Waals surface area contributed by atoms with E-state index >= 15 is 0 Å². The number of carbonyl (C=O) groups excluding carboxylic acids is 1. The maximum absolute atomic E-state index is 10.4. The van der Waals surface area contributed by atoms with E-state index in [-0.39, 0.29) is 0 Å². The lowest BCUT2D eigenvalue weighted by molar-refractivity contribution is 0.112. The molecule has 2 heteroatoms. The van der Waals surface area contributed by atoms with Crippen LogP contribution in [0.2, 0.25) is 0 Å². The molecule has 1 rings (SSSR count). The van der Waals surface area contributed by atoms with Crippen molar-refractivity contribution in [3.8, 4) is 0 Å². The largest absolute Gasteiger partial charge is 0.298 e. The van der Waals surface area contributed by atoms with Gasteiger partial charge in [0.2, 0.25) is 0 Å². The number of halogens is 1. The van der Waals surface area contributed by atoms with Gasteiger partial charge >= 0.3 is 0 Å². The molecule has 0 fully saturated rings. The van der Waals surface area contributed by atoms with Gasteiger partial charge in [-0.1, -0.05) is 35.0 Å². The van der Waals surface area contributed by atoms with Gasteiger partial charge < -0.3 is 0 Å². The van der Waals surface area contributed by atoms with Crippen molar-refractivity contribution >= 4 is 22.2 Å². The minimum atomic E-state index is 0.710. The summed E-state index contributed by atoms with van der Waals surface area (Å²) >= 11 is 3.32. The molecular formula is C9H9BrO. The SMILES string of the molecule is CCc1ccc(C=O)c(Br)c1. The summed E-state index contributed by atoms with van der Waals surface area (Å²) in [5, 5.41) is 0. The predicted molar refractivity (Wildman–Crippen MR) is 48.9 cm³/mol. The summed E-state index contributed by atoms with van der Waals surface area (Å²) in [5.74, 6) is 0. The molecule has 0 spiro atoms. The van der Waals surface area contributed by atoms with Gasteiger partial charge in [0.1, 0.15) is 0 Å². The first kappa shape index (κ1) is 8.47.